The van der Waals surface area contributed by atoms with E-state index in [1.54, 1.807) is 49.4 Å². The normalized spacial score (nSPS) is 11.4. The molecule has 0 saturated carbocycles. The van der Waals surface area contributed by atoms with Gasteiger partial charge in [-0.05, 0) is 36.8 Å². The van der Waals surface area contributed by atoms with Crippen molar-refractivity contribution in [2.45, 2.75) is 19.4 Å². The predicted octanol–water partition coefficient (Wildman–Crippen LogP) is 3.78. The zero-order valence-corrected chi connectivity index (χ0v) is 16.2. The molecular weight excluding hydrogens is 370 g/mol. The molecule has 1 N–H and O–H groups in total. The van der Waals surface area contributed by atoms with Crippen molar-refractivity contribution in [1.29, 1.82) is 0 Å². The SMILES string of the molecule is CCOC(=O)C[C@H](NC(=O)c1ccc(OC)c(OC)c1)c1ccccc1Cl. The lowest BCUT2D eigenvalue weighted by molar-refractivity contribution is -0.143. The molecular formula is C20H22ClNO5. The number of nitrogens with one attached hydrogen (secondary N) is 1. The first-order valence-electron chi connectivity index (χ1n) is 8.43. The molecule has 0 bridgehead atoms. The molecule has 0 radical (unpaired) electrons. The molecule has 27 heavy (non-hydrogen) atoms. The Bertz CT molecular complexity index is 809. The Kier molecular flexibility index (Phi) is 7.49. The van der Waals surface area contributed by atoms with Crippen LogP contribution in [0.2, 0.25) is 5.02 Å². The van der Waals surface area contributed by atoms with Crippen molar-refractivity contribution in [3.8, 4) is 11.5 Å². The van der Waals surface area contributed by atoms with E-state index in [0.717, 1.165) is 0 Å². The van der Waals surface area contributed by atoms with E-state index in [1.807, 2.05) is 0 Å². The van der Waals surface area contributed by atoms with Crippen LogP contribution in [0.4, 0.5) is 0 Å². The van der Waals surface area contributed by atoms with Crippen LogP contribution in [0.25, 0.3) is 0 Å². The van der Waals surface area contributed by atoms with E-state index >= 15 is 0 Å². The first-order valence-corrected chi connectivity index (χ1v) is 8.80. The molecule has 0 fully saturated rings. The molecule has 0 saturated heterocycles. The summed E-state index contributed by atoms with van der Waals surface area (Å²) in [5.74, 6) is 0.160. The van der Waals surface area contributed by atoms with E-state index in [-0.39, 0.29) is 18.9 Å². The van der Waals surface area contributed by atoms with Crippen LogP contribution >= 0.6 is 11.6 Å². The molecule has 2 aromatic carbocycles. The Balaban J connectivity index is 2.27. The van der Waals surface area contributed by atoms with Crippen LogP contribution in [0.3, 0.4) is 0 Å². The summed E-state index contributed by atoms with van der Waals surface area (Å²) in [6.07, 6.45) is -0.0311. The Morgan fingerprint density at radius 1 is 1.07 bits per heavy atom. The van der Waals surface area contributed by atoms with E-state index in [4.69, 9.17) is 25.8 Å². The third-order valence-corrected chi connectivity index (χ3v) is 4.25. The second kappa shape index (κ2) is 9.83. The van der Waals surface area contributed by atoms with E-state index in [2.05, 4.69) is 5.32 Å². The minimum Gasteiger partial charge on any atom is -0.493 e. The largest absolute Gasteiger partial charge is 0.493 e. The van der Waals surface area contributed by atoms with Gasteiger partial charge in [-0.2, -0.15) is 0 Å². The van der Waals surface area contributed by atoms with Crippen molar-refractivity contribution in [2.24, 2.45) is 0 Å². The van der Waals surface area contributed by atoms with Gasteiger partial charge < -0.3 is 19.5 Å². The Morgan fingerprint density at radius 2 is 1.78 bits per heavy atom. The van der Waals surface area contributed by atoms with Crippen molar-refractivity contribution in [3.05, 3.63) is 58.6 Å². The number of benzene rings is 2. The molecule has 0 spiro atoms. The number of carbonyl (C=O) groups excluding carboxylic acids is 2. The number of esters is 1. The maximum Gasteiger partial charge on any atom is 0.308 e. The van der Waals surface area contributed by atoms with E-state index in [9.17, 15) is 9.59 Å². The molecule has 0 aliphatic carbocycles. The fourth-order valence-corrected chi connectivity index (χ4v) is 2.87. The maximum absolute atomic E-state index is 12.7. The predicted molar refractivity (Wildman–Crippen MR) is 102 cm³/mol. The summed E-state index contributed by atoms with van der Waals surface area (Å²) >= 11 is 6.26. The van der Waals surface area contributed by atoms with Crippen LogP contribution in [0, 0.1) is 0 Å². The molecule has 0 heterocycles. The van der Waals surface area contributed by atoms with E-state index in [1.165, 1.54) is 14.2 Å². The highest BCUT2D eigenvalue weighted by molar-refractivity contribution is 6.31. The first-order chi connectivity index (χ1) is 13.0. The van der Waals surface area contributed by atoms with Crippen molar-refractivity contribution >= 4 is 23.5 Å². The molecule has 144 valence electrons. The quantitative estimate of drug-likeness (QED) is 0.693. The topological polar surface area (TPSA) is 73.9 Å². The lowest BCUT2D eigenvalue weighted by Crippen LogP contribution is -2.31. The van der Waals surface area contributed by atoms with Gasteiger partial charge in [-0.1, -0.05) is 29.8 Å². The summed E-state index contributed by atoms with van der Waals surface area (Å²) in [4.78, 5) is 24.7. The molecule has 0 aliphatic heterocycles. The molecule has 2 rings (SSSR count). The Morgan fingerprint density at radius 3 is 2.41 bits per heavy atom. The number of carbonyl (C=O) groups is 2. The monoisotopic (exact) mass is 391 g/mol. The summed E-state index contributed by atoms with van der Waals surface area (Å²) in [7, 11) is 3.01. The van der Waals surface area contributed by atoms with Gasteiger partial charge in [0, 0.05) is 10.6 Å². The summed E-state index contributed by atoms with van der Waals surface area (Å²) < 4.78 is 15.4. The van der Waals surface area contributed by atoms with Crippen LogP contribution in [0.15, 0.2) is 42.5 Å². The highest BCUT2D eigenvalue weighted by Gasteiger charge is 2.22. The number of ether oxygens (including phenoxy) is 3. The van der Waals surface area contributed by atoms with Crippen LogP contribution in [-0.4, -0.2) is 32.7 Å². The van der Waals surface area contributed by atoms with Crippen molar-refractivity contribution < 1.29 is 23.8 Å². The van der Waals surface area contributed by atoms with Gasteiger partial charge in [-0.15, -0.1) is 0 Å². The van der Waals surface area contributed by atoms with Gasteiger partial charge in [0.25, 0.3) is 5.91 Å². The number of halogens is 1. The lowest BCUT2D eigenvalue weighted by atomic mass is 10.0. The van der Waals surface area contributed by atoms with Gasteiger partial charge >= 0.3 is 5.97 Å². The van der Waals surface area contributed by atoms with Crippen LogP contribution in [-0.2, 0) is 9.53 Å². The third kappa shape index (κ3) is 5.37. The Hall–Kier alpha value is -2.73. The summed E-state index contributed by atoms with van der Waals surface area (Å²) in [6, 6.07) is 11.2. The molecule has 6 nitrogen and oxygen atoms in total. The van der Waals surface area contributed by atoms with Crippen LogP contribution < -0.4 is 14.8 Å². The van der Waals surface area contributed by atoms with Gasteiger partial charge in [0.2, 0.25) is 0 Å². The highest BCUT2D eigenvalue weighted by atomic mass is 35.5. The Labute approximate surface area is 163 Å². The molecule has 7 heteroatoms. The molecule has 1 amide bonds. The smallest absolute Gasteiger partial charge is 0.308 e. The van der Waals surface area contributed by atoms with Crippen LogP contribution in [0.1, 0.15) is 35.3 Å². The minimum atomic E-state index is -0.627. The molecule has 2 aromatic rings. The highest BCUT2D eigenvalue weighted by Crippen LogP contribution is 2.29. The van der Waals surface area contributed by atoms with Gasteiger partial charge in [-0.3, -0.25) is 9.59 Å². The van der Waals surface area contributed by atoms with Gasteiger partial charge in [-0.25, -0.2) is 0 Å². The molecule has 0 aliphatic rings. The minimum absolute atomic E-state index is 0.0311. The average molecular weight is 392 g/mol. The molecule has 0 aromatic heterocycles. The maximum atomic E-state index is 12.7. The molecule has 1 atom stereocenters. The van der Waals surface area contributed by atoms with E-state index < -0.39 is 12.0 Å². The van der Waals surface area contributed by atoms with Crippen molar-refractivity contribution in [3.63, 3.8) is 0 Å². The second-order valence-electron chi connectivity index (χ2n) is 5.63. The van der Waals surface area contributed by atoms with Gasteiger partial charge in [0.1, 0.15) is 0 Å². The average Bonchev–Trinajstić information content (AvgIpc) is 2.67. The fourth-order valence-electron chi connectivity index (χ4n) is 2.60. The summed E-state index contributed by atoms with van der Waals surface area (Å²) in [6.45, 7) is 1.99. The molecule has 0 unspecified atom stereocenters. The van der Waals surface area contributed by atoms with Crippen LogP contribution in [0.5, 0.6) is 11.5 Å². The summed E-state index contributed by atoms with van der Waals surface area (Å²) in [5, 5.41) is 3.31. The first kappa shape index (κ1) is 20.6. The fraction of sp³-hybridized carbons (Fsp3) is 0.300. The van der Waals surface area contributed by atoms with Gasteiger partial charge in [0.15, 0.2) is 11.5 Å². The lowest BCUT2D eigenvalue weighted by Gasteiger charge is -2.20. The number of hydrogen-bond acceptors (Lipinski definition) is 5. The third-order valence-electron chi connectivity index (χ3n) is 3.91. The number of methoxy groups -OCH3 is 2. The number of amides is 1. The number of hydrogen-bond donors (Lipinski definition) is 1. The number of rotatable bonds is 8. The zero-order chi connectivity index (χ0) is 19.8. The van der Waals surface area contributed by atoms with E-state index in [0.29, 0.717) is 27.6 Å². The summed E-state index contributed by atoms with van der Waals surface area (Å²) in [5.41, 5.74) is 1.01. The second-order valence-corrected chi connectivity index (χ2v) is 6.03. The zero-order valence-electron chi connectivity index (χ0n) is 15.5. The van der Waals surface area contributed by atoms with Crippen molar-refractivity contribution in [1.82, 2.24) is 5.32 Å². The standard InChI is InChI=1S/C20H22ClNO5/c1-4-27-19(23)12-16(14-7-5-6-8-15(14)21)22-20(24)13-9-10-17(25-2)18(11-13)26-3/h5-11,16H,4,12H2,1-3H3,(H,22,24)/t16-/m0/s1. The van der Waals surface area contributed by atoms with Crippen molar-refractivity contribution in [2.75, 3.05) is 20.8 Å². The van der Waals surface area contributed by atoms with Gasteiger partial charge in [0.05, 0.1) is 33.3 Å².